The average molecular weight is 1040 g/mol. The number of hydrogen-bond acceptors (Lipinski definition) is 17. The van der Waals surface area contributed by atoms with Crippen molar-refractivity contribution in [3.8, 4) is 0 Å². The molecule has 0 aliphatic carbocycles. The summed E-state index contributed by atoms with van der Waals surface area (Å²) in [5.41, 5.74) is -4.19. The lowest BCUT2D eigenvalue weighted by molar-refractivity contribution is -0.319. The van der Waals surface area contributed by atoms with E-state index in [1.807, 2.05) is 18.9 Å². The second-order valence-electron chi connectivity index (χ2n) is 20.6. The Labute approximate surface area is 420 Å². The predicted molar refractivity (Wildman–Crippen MR) is 261 cm³/mol. The molecular formula is C49H82ClN3O16S. The van der Waals surface area contributed by atoms with E-state index in [0.29, 0.717) is 30.1 Å². The van der Waals surface area contributed by atoms with Crippen LogP contribution in [0, 0.1) is 23.7 Å². The minimum Gasteiger partial charge on any atom is -0.459 e. The van der Waals surface area contributed by atoms with Crippen molar-refractivity contribution in [1.82, 2.24) is 10.2 Å². The third-order valence-corrected chi connectivity index (χ3v) is 16.4. The number of aliphatic hydroxyl groups excluding tert-OH is 3. The number of methoxy groups -OCH3 is 2. The van der Waals surface area contributed by atoms with Gasteiger partial charge in [0.15, 0.2) is 12.6 Å². The number of cyclic esters (lactones) is 1. The predicted octanol–water partition coefficient (Wildman–Crippen LogP) is 3.44. The largest absolute Gasteiger partial charge is 0.459 e. The maximum Gasteiger partial charge on any atom is 0.311 e. The summed E-state index contributed by atoms with van der Waals surface area (Å²) >= 11 is 5.99. The van der Waals surface area contributed by atoms with Gasteiger partial charge >= 0.3 is 5.97 Å². The number of nitrogens with one attached hydrogen (secondary N) is 1. The fourth-order valence-corrected chi connectivity index (χ4v) is 11.4. The molecule has 1 aromatic rings. The summed E-state index contributed by atoms with van der Waals surface area (Å²) < 4.78 is 70.6. The molecule has 70 heavy (non-hydrogen) atoms. The van der Waals surface area contributed by atoms with Crippen LogP contribution in [-0.4, -0.2) is 183 Å². The Morgan fingerprint density at radius 2 is 1.53 bits per heavy atom. The van der Waals surface area contributed by atoms with Crippen molar-refractivity contribution in [3.05, 3.63) is 29.3 Å². The molecule has 1 amide bonds. The van der Waals surface area contributed by atoms with E-state index in [1.54, 1.807) is 48.5 Å². The summed E-state index contributed by atoms with van der Waals surface area (Å²) in [4.78, 5) is 43.6. The first-order valence-corrected chi connectivity index (χ1v) is 26.6. The van der Waals surface area contributed by atoms with Crippen LogP contribution in [0.3, 0.4) is 0 Å². The number of ketones is 1. The van der Waals surface area contributed by atoms with Crippen molar-refractivity contribution in [2.45, 2.75) is 186 Å². The number of ether oxygens (including phenoxy) is 7. The first kappa shape index (κ1) is 60.0. The Hall–Kier alpha value is -2.57. The zero-order chi connectivity index (χ0) is 52.8. The molecule has 19 nitrogen and oxygen atoms in total. The van der Waals surface area contributed by atoms with Crippen LogP contribution in [-0.2, 0) is 57.6 Å². The molecular weight excluding hydrogens is 954 g/mol. The maximum absolute atomic E-state index is 14.4. The standard InChI is InChI=1S/C49H82ClN3O16S/c1-15-36-49(10,60)42(57)29(4)39(55)27(2)24-48(9,64-13)44(30(5)41(31(6)45(59)67-36)68-38-25-47(8,63-12)43(58)32(7)66-38)69-46-40(56)35(23-28(3)65-46)52(11)22-16-21-51-37(54)26-53(70(14,61)62)34-19-17-33(50)18-20-34/h17-20,27-32,35-36,38,40-44,46,56-58,60H,15-16,21-26H2,1-14H3,(H,51,54)/t27-,28-,29+,30+,31-,32+,35+,36-,38+,40-,41+,42-,43+,44-,46-,47-,48-,49-/m1/s1. The first-order chi connectivity index (χ1) is 32.5. The molecule has 3 fully saturated rings. The van der Waals surface area contributed by atoms with E-state index in [0.717, 1.165) is 10.6 Å². The van der Waals surface area contributed by atoms with Gasteiger partial charge < -0.3 is 63.8 Å². The van der Waals surface area contributed by atoms with Gasteiger partial charge in [0.2, 0.25) is 15.9 Å². The van der Waals surface area contributed by atoms with Crippen LogP contribution in [0.1, 0.15) is 101 Å². The van der Waals surface area contributed by atoms with Crippen LogP contribution in [0.25, 0.3) is 0 Å². The number of benzene rings is 1. The Kier molecular flexibility index (Phi) is 21.1. The summed E-state index contributed by atoms with van der Waals surface area (Å²) in [6, 6.07) is 5.60. The normalized spacial score (nSPS) is 39.5. The van der Waals surface area contributed by atoms with Crippen molar-refractivity contribution in [2.24, 2.45) is 23.7 Å². The van der Waals surface area contributed by atoms with Gasteiger partial charge in [-0.2, -0.15) is 0 Å². The Morgan fingerprint density at radius 1 is 0.914 bits per heavy atom. The lowest BCUT2D eigenvalue weighted by atomic mass is 9.74. The molecule has 5 N–H and O–H groups in total. The zero-order valence-corrected chi connectivity index (χ0v) is 45.1. The number of esters is 1. The molecule has 0 spiro atoms. The number of carbonyl (C=O) groups excluding carboxylic acids is 3. The maximum atomic E-state index is 14.4. The lowest BCUT2D eigenvalue weighted by Crippen LogP contribution is -2.61. The quantitative estimate of drug-likeness (QED) is 0.118. The monoisotopic (exact) mass is 1040 g/mol. The van der Waals surface area contributed by atoms with Crippen LogP contribution in [0.4, 0.5) is 5.69 Å². The van der Waals surface area contributed by atoms with Gasteiger partial charge in [0.1, 0.15) is 36.2 Å². The number of anilines is 1. The molecule has 1 aromatic carbocycles. The minimum absolute atomic E-state index is 0.0270. The second kappa shape index (κ2) is 24.6. The van der Waals surface area contributed by atoms with Gasteiger partial charge in [0.25, 0.3) is 0 Å². The van der Waals surface area contributed by atoms with Gasteiger partial charge in [-0.05, 0) is 105 Å². The van der Waals surface area contributed by atoms with Crippen LogP contribution in [0.5, 0.6) is 0 Å². The molecule has 3 saturated heterocycles. The Balaban J connectivity index is 1.66. The third-order valence-electron chi connectivity index (χ3n) is 15.0. The van der Waals surface area contributed by atoms with Crippen molar-refractivity contribution < 1.29 is 76.4 Å². The van der Waals surface area contributed by atoms with Gasteiger partial charge in [-0.1, -0.05) is 39.3 Å². The zero-order valence-electron chi connectivity index (χ0n) is 43.5. The molecule has 0 saturated carbocycles. The van der Waals surface area contributed by atoms with E-state index in [9.17, 15) is 43.2 Å². The lowest BCUT2D eigenvalue weighted by Gasteiger charge is -2.50. The number of carbonyl (C=O) groups is 3. The number of nitrogens with zero attached hydrogens (tertiary/aromatic N) is 2. The molecule has 3 aliphatic heterocycles. The molecule has 18 atom stereocenters. The SMILES string of the molecule is CC[C@H]1OC(=O)[C@H](C)[C@@H](O[C@H]2C[C@@](C)(OC)[C@@H](O)[C@H](C)O2)[C@H](C)[C@@H](O[C@H]2O[C@H](C)C[C@H](N(C)CCCNC(=O)CN(c3ccc(Cl)cc3)S(C)(=O)=O)[C@H]2O)[C@](C)(OC)C[C@@H](C)C(=O)[C@H](C)[C@@H](O)[C@]1(C)O. The summed E-state index contributed by atoms with van der Waals surface area (Å²) in [6.45, 7) is 16.9. The van der Waals surface area contributed by atoms with Crippen LogP contribution in [0.2, 0.25) is 5.02 Å². The van der Waals surface area contributed by atoms with Crippen molar-refractivity contribution >= 4 is 45.0 Å². The molecule has 4 rings (SSSR count). The highest BCUT2D eigenvalue weighted by atomic mass is 35.5. The van der Waals surface area contributed by atoms with Gasteiger partial charge in [0, 0.05) is 56.0 Å². The highest BCUT2D eigenvalue weighted by Gasteiger charge is 2.54. The van der Waals surface area contributed by atoms with Crippen LogP contribution in [0.15, 0.2) is 24.3 Å². The number of hydrogen-bond donors (Lipinski definition) is 5. The number of amides is 1. The van der Waals surface area contributed by atoms with Crippen LogP contribution < -0.4 is 9.62 Å². The molecule has 0 bridgehead atoms. The molecule has 3 aliphatic rings. The number of rotatable bonds is 16. The summed E-state index contributed by atoms with van der Waals surface area (Å²) in [6.07, 6.45) is -8.72. The number of aliphatic hydroxyl groups is 4. The fourth-order valence-electron chi connectivity index (χ4n) is 10.4. The van der Waals surface area contributed by atoms with Crippen LogP contribution >= 0.6 is 11.6 Å². The molecule has 402 valence electrons. The van der Waals surface area contributed by atoms with Gasteiger partial charge in [-0.3, -0.25) is 18.7 Å². The molecule has 0 unspecified atom stereocenters. The average Bonchev–Trinajstić information content (AvgIpc) is 3.30. The highest BCUT2D eigenvalue weighted by molar-refractivity contribution is 7.92. The Morgan fingerprint density at radius 3 is 2.10 bits per heavy atom. The van der Waals surface area contributed by atoms with Gasteiger partial charge in [-0.15, -0.1) is 0 Å². The third kappa shape index (κ3) is 14.2. The first-order valence-electron chi connectivity index (χ1n) is 24.4. The smallest absolute Gasteiger partial charge is 0.311 e. The minimum atomic E-state index is -3.79. The fraction of sp³-hybridized carbons (Fsp3) is 0.816. The summed E-state index contributed by atoms with van der Waals surface area (Å²) in [7, 11) is 0.981. The van der Waals surface area contributed by atoms with Gasteiger partial charge in [-0.25, -0.2) is 8.42 Å². The van der Waals surface area contributed by atoms with Gasteiger partial charge in [0.05, 0.1) is 59.6 Å². The molecule has 21 heteroatoms. The summed E-state index contributed by atoms with van der Waals surface area (Å²) in [5.74, 6) is -5.44. The van der Waals surface area contributed by atoms with Crippen molar-refractivity contribution in [3.63, 3.8) is 0 Å². The molecule has 3 heterocycles. The highest BCUT2D eigenvalue weighted by Crippen LogP contribution is 2.42. The Bertz CT molecular complexity index is 2000. The number of likely N-dealkylation sites (N-methyl/N-ethyl adjacent to an activating group) is 1. The van der Waals surface area contributed by atoms with Crippen molar-refractivity contribution in [1.29, 1.82) is 0 Å². The second-order valence-corrected chi connectivity index (χ2v) is 22.9. The number of sulfonamides is 1. The van der Waals surface area contributed by atoms with E-state index in [1.165, 1.54) is 52.3 Å². The summed E-state index contributed by atoms with van der Waals surface area (Å²) in [5, 5.41) is 49.8. The molecule has 0 aromatic heterocycles. The van der Waals surface area contributed by atoms with Crippen molar-refractivity contribution in [2.75, 3.05) is 51.5 Å². The molecule has 0 radical (unpaired) electrons. The van der Waals surface area contributed by atoms with E-state index in [-0.39, 0.29) is 31.6 Å². The topological polar surface area (TPSA) is 249 Å². The number of halogens is 1. The van der Waals surface area contributed by atoms with E-state index >= 15 is 0 Å². The van der Waals surface area contributed by atoms with E-state index < -0.39 is 136 Å². The number of Topliss-reactive ketones (excluding diaryl/α,β-unsaturated/α-hetero) is 1. The van der Waals surface area contributed by atoms with E-state index in [4.69, 9.17) is 44.8 Å². The van der Waals surface area contributed by atoms with E-state index in [2.05, 4.69) is 5.32 Å².